The first-order chi connectivity index (χ1) is 11.3. The predicted molar refractivity (Wildman–Crippen MR) is 94.2 cm³/mol. The first-order valence-corrected chi connectivity index (χ1v) is 7.79. The van der Waals surface area contributed by atoms with Gasteiger partial charge in [-0.05, 0) is 57.6 Å². The highest BCUT2D eigenvalue weighted by Gasteiger charge is 2.21. The lowest BCUT2D eigenvalue weighted by Crippen LogP contribution is -2.00. The SMILES string of the molecule is O=[N+]([O-])c1ccc2c3c(c4cccc5ccc1c2c54)C=CCC3. The minimum atomic E-state index is -0.280. The lowest BCUT2D eigenvalue weighted by atomic mass is 9.83. The summed E-state index contributed by atoms with van der Waals surface area (Å²) in [6.07, 6.45) is 6.43. The Labute approximate surface area is 132 Å². The molecule has 0 N–H and O–H groups in total. The molecule has 0 unspecified atom stereocenters. The summed E-state index contributed by atoms with van der Waals surface area (Å²) in [6.45, 7) is 0. The summed E-state index contributed by atoms with van der Waals surface area (Å²) in [4.78, 5) is 11.2. The number of non-ortho nitro benzene ring substituents is 1. The van der Waals surface area contributed by atoms with E-state index >= 15 is 0 Å². The number of hydrogen-bond acceptors (Lipinski definition) is 2. The van der Waals surface area contributed by atoms with Crippen LogP contribution in [0.1, 0.15) is 17.5 Å². The fourth-order valence-corrected chi connectivity index (χ4v) is 4.04. The van der Waals surface area contributed by atoms with Crippen LogP contribution in [0.15, 0.2) is 48.5 Å². The molecule has 0 amide bonds. The second kappa shape index (κ2) is 4.29. The van der Waals surface area contributed by atoms with Crippen molar-refractivity contribution >= 4 is 44.1 Å². The van der Waals surface area contributed by atoms with Crippen molar-refractivity contribution < 1.29 is 4.92 Å². The van der Waals surface area contributed by atoms with Gasteiger partial charge in [-0.3, -0.25) is 10.1 Å². The highest BCUT2D eigenvalue weighted by molar-refractivity contribution is 6.27. The highest BCUT2D eigenvalue weighted by atomic mass is 16.6. The van der Waals surface area contributed by atoms with Gasteiger partial charge in [0.05, 0.1) is 10.3 Å². The molecule has 0 spiro atoms. The van der Waals surface area contributed by atoms with Gasteiger partial charge in [0.1, 0.15) is 0 Å². The Morgan fingerprint density at radius 2 is 1.78 bits per heavy atom. The molecule has 0 aromatic heterocycles. The number of nitro groups is 1. The zero-order chi connectivity index (χ0) is 15.6. The molecule has 0 atom stereocenters. The maximum absolute atomic E-state index is 11.4. The molecule has 23 heavy (non-hydrogen) atoms. The van der Waals surface area contributed by atoms with Gasteiger partial charge in [0.25, 0.3) is 5.69 Å². The van der Waals surface area contributed by atoms with Crippen LogP contribution in [0.25, 0.3) is 38.4 Å². The molecule has 0 saturated heterocycles. The van der Waals surface area contributed by atoms with Crippen LogP contribution in [0.4, 0.5) is 5.69 Å². The van der Waals surface area contributed by atoms with Crippen LogP contribution in [-0.4, -0.2) is 4.92 Å². The van der Waals surface area contributed by atoms with Gasteiger partial charge in [-0.1, -0.05) is 36.4 Å². The van der Waals surface area contributed by atoms with E-state index in [0.29, 0.717) is 0 Å². The third kappa shape index (κ3) is 1.54. The number of fused-ring (bicyclic) bond motifs is 3. The molecule has 0 heterocycles. The molecular formula is C20H13NO2. The number of aryl methyl sites for hydroxylation is 1. The van der Waals surface area contributed by atoms with Crippen LogP contribution in [0.2, 0.25) is 0 Å². The number of allylic oxidation sites excluding steroid dienone is 1. The molecule has 0 saturated carbocycles. The second-order valence-corrected chi connectivity index (χ2v) is 6.11. The molecule has 0 aliphatic heterocycles. The standard InChI is InChI=1S/C20H13NO2/c22-21(23)18-11-10-16-14-6-2-1-5-13(14)15-7-3-4-12-8-9-17(18)20(16)19(12)15/h1,3-5,7-11H,2,6H2. The average Bonchev–Trinajstić information content (AvgIpc) is 2.60. The zero-order valence-electron chi connectivity index (χ0n) is 12.4. The number of nitrogens with zero attached hydrogens (tertiary/aromatic N) is 1. The van der Waals surface area contributed by atoms with Crippen molar-refractivity contribution in [1.29, 1.82) is 0 Å². The van der Waals surface area contributed by atoms with Crippen molar-refractivity contribution in [2.75, 3.05) is 0 Å². The van der Waals surface area contributed by atoms with E-state index in [1.165, 1.54) is 16.5 Å². The summed E-state index contributed by atoms with van der Waals surface area (Å²) in [5.74, 6) is 0. The maximum Gasteiger partial charge on any atom is 0.277 e. The van der Waals surface area contributed by atoms with E-state index in [1.54, 1.807) is 6.07 Å². The quantitative estimate of drug-likeness (QED) is 0.266. The lowest BCUT2D eigenvalue weighted by molar-refractivity contribution is -0.383. The third-order valence-electron chi connectivity index (χ3n) is 4.98. The van der Waals surface area contributed by atoms with Crippen molar-refractivity contribution in [3.63, 3.8) is 0 Å². The fourth-order valence-electron chi connectivity index (χ4n) is 4.04. The summed E-state index contributed by atoms with van der Waals surface area (Å²) in [7, 11) is 0. The normalized spacial score (nSPS) is 13.9. The van der Waals surface area contributed by atoms with Crippen molar-refractivity contribution in [1.82, 2.24) is 0 Å². The highest BCUT2D eigenvalue weighted by Crippen LogP contribution is 2.43. The van der Waals surface area contributed by atoms with E-state index in [9.17, 15) is 10.1 Å². The Balaban J connectivity index is 2.15. The molecule has 5 rings (SSSR count). The first-order valence-electron chi connectivity index (χ1n) is 7.79. The summed E-state index contributed by atoms with van der Waals surface area (Å²) in [5, 5.41) is 17.9. The Morgan fingerprint density at radius 3 is 2.65 bits per heavy atom. The average molecular weight is 299 g/mol. The van der Waals surface area contributed by atoms with E-state index in [4.69, 9.17) is 0 Å². The number of hydrogen-bond donors (Lipinski definition) is 0. The third-order valence-corrected chi connectivity index (χ3v) is 4.98. The van der Waals surface area contributed by atoms with Crippen molar-refractivity contribution in [2.45, 2.75) is 12.8 Å². The van der Waals surface area contributed by atoms with Gasteiger partial charge in [-0.15, -0.1) is 0 Å². The molecular weight excluding hydrogens is 286 g/mol. The van der Waals surface area contributed by atoms with Crippen molar-refractivity contribution in [2.24, 2.45) is 0 Å². The van der Waals surface area contributed by atoms with Gasteiger partial charge in [-0.2, -0.15) is 0 Å². The molecule has 4 aromatic carbocycles. The molecule has 110 valence electrons. The molecule has 1 aliphatic carbocycles. The van der Waals surface area contributed by atoms with E-state index < -0.39 is 0 Å². The second-order valence-electron chi connectivity index (χ2n) is 6.11. The van der Waals surface area contributed by atoms with Crippen LogP contribution >= 0.6 is 0 Å². The smallest absolute Gasteiger partial charge is 0.258 e. The predicted octanol–water partition coefficient (Wildman–Crippen LogP) is 5.45. The van der Waals surface area contributed by atoms with Crippen molar-refractivity contribution in [3.8, 4) is 0 Å². The minimum absolute atomic E-state index is 0.191. The molecule has 0 radical (unpaired) electrons. The lowest BCUT2D eigenvalue weighted by Gasteiger charge is -2.20. The van der Waals surface area contributed by atoms with Crippen LogP contribution < -0.4 is 0 Å². The topological polar surface area (TPSA) is 43.1 Å². The van der Waals surface area contributed by atoms with E-state index in [-0.39, 0.29) is 10.6 Å². The number of rotatable bonds is 1. The van der Waals surface area contributed by atoms with Gasteiger partial charge >= 0.3 is 0 Å². The van der Waals surface area contributed by atoms with E-state index in [2.05, 4.69) is 30.4 Å². The Bertz CT molecular complexity index is 1140. The summed E-state index contributed by atoms with van der Waals surface area (Å²) < 4.78 is 0. The maximum atomic E-state index is 11.4. The van der Waals surface area contributed by atoms with Gasteiger partial charge in [0, 0.05) is 11.5 Å². The van der Waals surface area contributed by atoms with E-state index in [1.807, 2.05) is 18.2 Å². The number of nitro benzene ring substituents is 1. The largest absolute Gasteiger partial charge is 0.277 e. The van der Waals surface area contributed by atoms with Crippen LogP contribution in [-0.2, 0) is 6.42 Å². The summed E-state index contributed by atoms with van der Waals surface area (Å²) in [5.41, 5.74) is 2.78. The summed E-state index contributed by atoms with van der Waals surface area (Å²) in [6, 6.07) is 13.8. The Kier molecular flexibility index (Phi) is 2.35. The molecule has 0 fully saturated rings. The van der Waals surface area contributed by atoms with Crippen LogP contribution in [0, 0.1) is 10.1 Å². The molecule has 1 aliphatic rings. The summed E-state index contributed by atoms with van der Waals surface area (Å²) >= 11 is 0. The van der Waals surface area contributed by atoms with Gasteiger partial charge in [-0.25, -0.2) is 0 Å². The Hall–Kier alpha value is -2.94. The molecule has 4 aromatic rings. The van der Waals surface area contributed by atoms with Gasteiger partial charge in [0.15, 0.2) is 0 Å². The molecule has 3 heteroatoms. The fraction of sp³-hybridized carbons (Fsp3) is 0.100. The van der Waals surface area contributed by atoms with Crippen LogP contribution in [0.3, 0.4) is 0 Å². The van der Waals surface area contributed by atoms with Gasteiger partial charge in [0.2, 0.25) is 0 Å². The monoisotopic (exact) mass is 299 g/mol. The van der Waals surface area contributed by atoms with Gasteiger partial charge < -0.3 is 0 Å². The minimum Gasteiger partial charge on any atom is -0.258 e. The van der Waals surface area contributed by atoms with Crippen molar-refractivity contribution in [3.05, 3.63) is 69.8 Å². The molecule has 0 bridgehead atoms. The van der Waals surface area contributed by atoms with Crippen LogP contribution in [0.5, 0.6) is 0 Å². The molecule has 3 nitrogen and oxygen atoms in total. The van der Waals surface area contributed by atoms with E-state index in [0.717, 1.165) is 39.8 Å². The number of benzene rings is 4. The zero-order valence-corrected chi connectivity index (χ0v) is 12.4. The Morgan fingerprint density at radius 1 is 0.913 bits per heavy atom. The first kappa shape index (κ1) is 12.6.